The van der Waals surface area contributed by atoms with Crippen LogP contribution in [0, 0.1) is 5.92 Å². The molecule has 1 amide bonds. The van der Waals surface area contributed by atoms with E-state index in [9.17, 15) is 4.79 Å². The van der Waals surface area contributed by atoms with Gasteiger partial charge < -0.3 is 10.2 Å². The van der Waals surface area contributed by atoms with Crippen LogP contribution in [0.15, 0.2) is 0 Å². The Balaban J connectivity index is 1.95. The molecule has 0 spiro atoms. The van der Waals surface area contributed by atoms with Crippen LogP contribution in [0.4, 0.5) is 0 Å². The lowest BCUT2D eigenvalue weighted by Crippen LogP contribution is -2.46. The monoisotopic (exact) mass is 196 g/mol. The number of rotatable bonds is 1. The molecule has 0 aromatic heterocycles. The summed E-state index contributed by atoms with van der Waals surface area (Å²) in [4.78, 5) is 14.1. The molecule has 1 aliphatic heterocycles. The smallest absolute Gasteiger partial charge is 0.225 e. The van der Waals surface area contributed by atoms with Crippen molar-refractivity contribution in [2.24, 2.45) is 5.92 Å². The molecule has 1 saturated carbocycles. The SMILES string of the molecule is CC1CNCCCN1C(=O)C1CCC1. The number of nitrogens with zero attached hydrogens (tertiary/aromatic N) is 1. The predicted octanol–water partition coefficient (Wildman–Crippen LogP) is 0.997. The Morgan fingerprint density at radius 1 is 1.36 bits per heavy atom. The maximum Gasteiger partial charge on any atom is 0.225 e. The summed E-state index contributed by atoms with van der Waals surface area (Å²) >= 11 is 0. The van der Waals surface area contributed by atoms with Crippen molar-refractivity contribution in [3.63, 3.8) is 0 Å². The minimum absolute atomic E-state index is 0.357. The third-order valence-corrected chi connectivity index (χ3v) is 3.46. The molecule has 0 aromatic carbocycles. The molecule has 3 heteroatoms. The molecule has 2 fully saturated rings. The van der Waals surface area contributed by atoms with Crippen molar-refractivity contribution in [2.45, 2.75) is 38.6 Å². The van der Waals surface area contributed by atoms with E-state index in [1.54, 1.807) is 0 Å². The maximum atomic E-state index is 12.0. The molecule has 1 aliphatic carbocycles. The van der Waals surface area contributed by atoms with Crippen molar-refractivity contribution in [1.82, 2.24) is 10.2 Å². The van der Waals surface area contributed by atoms with Gasteiger partial charge in [-0.05, 0) is 32.7 Å². The molecule has 1 atom stereocenters. The lowest BCUT2D eigenvalue weighted by molar-refractivity contribution is -0.139. The second-order valence-corrected chi connectivity index (χ2v) is 4.57. The number of nitrogens with one attached hydrogen (secondary N) is 1. The number of amides is 1. The van der Waals surface area contributed by atoms with E-state index < -0.39 is 0 Å². The van der Waals surface area contributed by atoms with Crippen LogP contribution in [0.1, 0.15) is 32.6 Å². The second-order valence-electron chi connectivity index (χ2n) is 4.57. The van der Waals surface area contributed by atoms with Crippen molar-refractivity contribution in [1.29, 1.82) is 0 Å². The predicted molar refractivity (Wildman–Crippen MR) is 56.0 cm³/mol. The Morgan fingerprint density at radius 3 is 2.79 bits per heavy atom. The summed E-state index contributed by atoms with van der Waals surface area (Å²) in [6, 6.07) is 0.380. The van der Waals surface area contributed by atoms with Crippen LogP contribution in [0.2, 0.25) is 0 Å². The summed E-state index contributed by atoms with van der Waals surface area (Å²) < 4.78 is 0. The molecule has 1 N–H and O–H groups in total. The van der Waals surface area contributed by atoms with E-state index in [-0.39, 0.29) is 0 Å². The van der Waals surface area contributed by atoms with Gasteiger partial charge >= 0.3 is 0 Å². The quantitative estimate of drug-likeness (QED) is 0.678. The van der Waals surface area contributed by atoms with Crippen LogP contribution in [0.3, 0.4) is 0 Å². The first kappa shape index (κ1) is 9.97. The van der Waals surface area contributed by atoms with Crippen molar-refractivity contribution in [3.8, 4) is 0 Å². The van der Waals surface area contributed by atoms with E-state index in [0.717, 1.165) is 38.9 Å². The van der Waals surface area contributed by atoms with Gasteiger partial charge in [-0.15, -0.1) is 0 Å². The zero-order chi connectivity index (χ0) is 9.97. The summed E-state index contributed by atoms with van der Waals surface area (Å²) in [5.41, 5.74) is 0. The molecule has 1 saturated heterocycles. The fourth-order valence-corrected chi connectivity index (χ4v) is 2.23. The molecule has 1 heterocycles. The fraction of sp³-hybridized carbons (Fsp3) is 0.909. The topological polar surface area (TPSA) is 32.3 Å². The van der Waals surface area contributed by atoms with Gasteiger partial charge in [0.1, 0.15) is 0 Å². The first-order valence-corrected chi connectivity index (χ1v) is 5.80. The zero-order valence-corrected chi connectivity index (χ0v) is 8.96. The van der Waals surface area contributed by atoms with E-state index in [0.29, 0.717) is 17.9 Å². The summed E-state index contributed by atoms with van der Waals surface area (Å²) in [6.07, 6.45) is 4.59. The van der Waals surface area contributed by atoms with Crippen LogP contribution in [0.25, 0.3) is 0 Å². The zero-order valence-electron chi connectivity index (χ0n) is 8.96. The molecule has 0 aromatic rings. The average Bonchev–Trinajstić information content (AvgIpc) is 2.26. The Morgan fingerprint density at radius 2 is 2.14 bits per heavy atom. The molecule has 0 bridgehead atoms. The van der Waals surface area contributed by atoms with Crippen LogP contribution < -0.4 is 5.32 Å². The summed E-state index contributed by atoms with van der Waals surface area (Å²) in [6.45, 7) is 5.11. The average molecular weight is 196 g/mol. The summed E-state index contributed by atoms with van der Waals surface area (Å²) in [7, 11) is 0. The molecule has 2 aliphatic rings. The Bertz CT molecular complexity index is 213. The first-order valence-electron chi connectivity index (χ1n) is 5.80. The summed E-state index contributed by atoms with van der Waals surface area (Å²) in [5, 5.41) is 3.36. The van der Waals surface area contributed by atoms with Crippen molar-refractivity contribution in [3.05, 3.63) is 0 Å². The Hall–Kier alpha value is -0.570. The highest BCUT2D eigenvalue weighted by Crippen LogP contribution is 2.29. The molecule has 0 radical (unpaired) electrons. The number of hydrogen-bond donors (Lipinski definition) is 1. The van der Waals surface area contributed by atoms with E-state index in [2.05, 4.69) is 17.1 Å². The third kappa shape index (κ3) is 1.92. The highest BCUT2D eigenvalue weighted by atomic mass is 16.2. The van der Waals surface area contributed by atoms with E-state index >= 15 is 0 Å². The normalized spacial score (nSPS) is 29.5. The van der Waals surface area contributed by atoms with Crippen LogP contribution in [-0.2, 0) is 4.79 Å². The van der Waals surface area contributed by atoms with Gasteiger partial charge in [0, 0.05) is 25.0 Å². The van der Waals surface area contributed by atoms with Gasteiger partial charge in [0.25, 0.3) is 0 Å². The standard InChI is InChI=1S/C11H20N2O/c1-9-8-12-6-3-7-13(9)11(14)10-4-2-5-10/h9-10,12H,2-8H2,1H3. The van der Waals surface area contributed by atoms with Crippen molar-refractivity contribution >= 4 is 5.91 Å². The molecule has 2 rings (SSSR count). The first-order chi connectivity index (χ1) is 6.79. The van der Waals surface area contributed by atoms with Gasteiger partial charge in [-0.25, -0.2) is 0 Å². The highest BCUT2D eigenvalue weighted by molar-refractivity contribution is 5.79. The lowest BCUT2D eigenvalue weighted by atomic mass is 9.84. The van der Waals surface area contributed by atoms with Gasteiger partial charge in [0.15, 0.2) is 0 Å². The highest BCUT2D eigenvalue weighted by Gasteiger charge is 2.31. The molecule has 3 nitrogen and oxygen atoms in total. The van der Waals surface area contributed by atoms with Crippen molar-refractivity contribution in [2.75, 3.05) is 19.6 Å². The minimum atomic E-state index is 0.357. The molecular weight excluding hydrogens is 176 g/mol. The molecular formula is C11H20N2O. The third-order valence-electron chi connectivity index (χ3n) is 3.46. The van der Waals surface area contributed by atoms with Gasteiger partial charge in [0.05, 0.1) is 0 Å². The molecule has 1 unspecified atom stereocenters. The fourth-order valence-electron chi connectivity index (χ4n) is 2.23. The van der Waals surface area contributed by atoms with Gasteiger partial charge in [0.2, 0.25) is 5.91 Å². The Labute approximate surface area is 85.8 Å². The van der Waals surface area contributed by atoms with Gasteiger partial charge in [-0.1, -0.05) is 6.42 Å². The summed E-state index contributed by atoms with van der Waals surface area (Å²) in [5.74, 6) is 0.767. The van der Waals surface area contributed by atoms with Gasteiger partial charge in [-0.3, -0.25) is 4.79 Å². The van der Waals surface area contributed by atoms with Crippen LogP contribution in [-0.4, -0.2) is 36.5 Å². The number of hydrogen-bond acceptors (Lipinski definition) is 2. The minimum Gasteiger partial charge on any atom is -0.338 e. The number of carbonyl (C=O) groups is 1. The van der Waals surface area contributed by atoms with Crippen molar-refractivity contribution < 1.29 is 4.79 Å². The molecule has 80 valence electrons. The second kappa shape index (κ2) is 4.30. The van der Waals surface area contributed by atoms with E-state index in [4.69, 9.17) is 0 Å². The Kier molecular flexibility index (Phi) is 3.06. The van der Waals surface area contributed by atoms with E-state index in [1.807, 2.05) is 0 Å². The largest absolute Gasteiger partial charge is 0.338 e. The van der Waals surface area contributed by atoms with E-state index in [1.165, 1.54) is 6.42 Å². The molecule has 14 heavy (non-hydrogen) atoms. The van der Waals surface area contributed by atoms with Crippen LogP contribution >= 0.6 is 0 Å². The van der Waals surface area contributed by atoms with Gasteiger partial charge in [-0.2, -0.15) is 0 Å². The maximum absolute atomic E-state index is 12.0. The number of carbonyl (C=O) groups excluding carboxylic acids is 1. The lowest BCUT2D eigenvalue weighted by Gasteiger charge is -2.34. The van der Waals surface area contributed by atoms with Crippen LogP contribution in [0.5, 0.6) is 0 Å².